The molecule has 0 bridgehead atoms. The zero-order chi connectivity index (χ0) is 19.7. The summed E-state index contributed by atoms with van der Waals surface area (Å²) >= 11 is 3.50. The largest absolute Gasteiger partial charge is 0.341 e. The van der Waals surface area contributed by atoms with Gasteiger partial charge in [0.1, 0.15) is 0 Å². The Bertz CT molecular complexity index is 1160. The van der Waals surface area contributed by atoms with Crippen LogP contribution in [-0.2, 0) is 16.2 Å². The van der Waals surface area contributed by atoms with Crippen LogP contribution in [0.4, 0.5) is 0 Å². The van der Waals surface area contributed by atoms with Crippen LogP contribution in [0.3, 0.4) is 0 Å². The first-order valence-corrected chi connectivity index (χ1v) is 10.8. The van der Waals surface area contributed by atoms with E-state index in [1.807, 2.05) is 13.0 Å². The summed E-state index contributed by atoms with van der Waals surface area (Å²) in [5.74, 6) is -0.419. The van der Waals surface area contributed by atoms with Crippen LogP contribution in [-0.4, -0.2) is 16.2 Å². The Balaban J connectivity index is 1.86. The highest BCUT2D eigenvalue weighted by molar-refractivity contribution is 8.27. The topological polar surface area (TPSA) is 43.6 Å². The van der Waals surface area contributed by atoms with E-state index in [4.69, 9.17) is 4.84 Å². The number of aryl methyl sites for hydroxylation is 1. The molecule has 1 aliphatic rings. The summed E-state index contributed by atoms with van der Waals surface area (Å²) in [7, 11) is 0. The molecule has 0 saturated heterocycles. The van der Waals surface area contributed by atoms with Gasteiger partial charge in [0, 0.05) is 39.5 Å². The van der Waals surface area contributed by atoms with E-state index in [1.165, 1.54) is 38.5 Å². The smallest absolute Gasteiger partial charge is 0.331 e. The second-order valence-electron chi connectivity index (χ2n) is 6.48. The van der Waals surface area contributed by atoms with Crippen molar-refractivity contribution in [1.29, 1.82) is 0 Å². The third-order valence-corrected chi connectivity index (χ3v) is 6.64. The van der Waals surface area contributed by atoms with E-state index in [0.717, 1.165) is 12.1 Å². The van der Waals surface area contributed by atoms with Gasteiger partial charge < -0.3 is 9.40 Å². The van der Waals surface area contributed by atoms with E-state index in [-0.39, 0.29) is 0 Å². The molecule has 6 heteroatoms. The molecule has 28 heavy (non-hydrogen) atoms. The van der Waals surface area contributed by atoms with Crippen LogP contribution in [0.5, 0.6) is 0 Å². The number of nitrogens with zero attached hydrogens (tertiary/aromatic N) is 2. The summed E-state index contributed by atoms with van der Waals surface area (Å²) in [6.07, 6.45) is 2.22. The van der Waals surface area contributed by atoms with Crippen molar-refractivity contribution in [2.45, 2.75) is 27.3 Å². The lowest BCUT2D eigenvalue weighted by Gasteiger charge is -2.04. The molecule has 0 N–H and O–H groups in total. The first kappa shape index (κ1) is 18.9. The quantitative estimate of drug-likeness (QED) is 0.287. The maximum atomic E-state index is 11.0. The lowest BCUT2D eigenvalue weighted by Crippen LogP contribution is -1.99. The van der Waals surface area contributed by atoms with Crippen molar-refractivity contribution in [3.8, 4) is 0 Å². The van der Waals surface area contributed by atoms with Gasteiger partial charge in [0.15, 0.2) is 0 Å². The third-order valence-electron chi connectivity index (χ3n) is 4.64. The van der Waals surface area contributed by atoms with Crippen molar-refractivity contribution in [3.63, 3.8) is 0 Å². The average molecular weight is 409 g/mol. The summed E-state index contributed by atoms with van der Waals surface area (Å²) < 4.78 is 3.61. The Kier molecular flexibility index (Phi) is 5.33. The predicted molar refractivity (Wildman–Crippen MR) is 121 cm³/mol. The highest BCUT2D eigenvalue weighted by Gasteiger charge is 2.12. The maximum Gasteiger partial charge on any atom is 0.331 e. The summed E-state index contributed by atoms with van der Waals surface area (Å²) in [6, 6.07) is 12.9. The number of rotatable bonds is 4. The van der Waals surface area contributed by atoms with E-state index in [2.05, 4.69) is 63.9 Å². The lowest BCUT2D eigenvalue weighted by atomic mass is 10.1. The molecule has 2 heterocycles. The van der Waals surface area contributed by atoms with Crippen LogP contribution in [0.2, 0.25) is 0 Å². The second-order valence-corrected chi connectivity index (χ2v) is 8.64. The van der Waals surface area contributed by atoms with Crippen molar-refractivity contribution in [1.82, 2.24) is 4.57 Å². The molecule has 0 fully saturated rings. The Hall–Kier alpha value is -2.44. The number of thioether (sulfide) groups is 2. The van der Waals surface area contributed by atoms with E-state index in [9.17, 15) is 4.79 Å². The monoisotopic (exact) mass is 408 g/mol. The second kappa shape index (κ2) is 7.89. The molecule has 1 aromatic heterocycles. The molecule has 0 aliphatic carbocycles. The van der Waals surface area contributed by atoms with E-state index < -0.39 is 5.97 Å². The number of benzene rings is 2. The Morgan fingerprint density at radius 2 is 1.75 bits per heavy atom. The van der Waals surface area contributed by atoms with Crippen LogP contribution < -0.4 is 0 Å². The molecule has 3 aromatic rings. The number of carbonyl (C=O) groups is 1. The van der Waals surface area contributed by atoms with Crippen LogP contribution in [0, 0.1) is 0 Å². The molecule has 4 rings (SSSR count). The molecule has 0 amide bonds. The van der Waals surface area contributed by atoms with Crippen molar-refractivity contribution in [2.24, 2.45) is 5.16 Å². The SMILES string of the molecule is CCn1c2ccc(C=C3SC=CS3)cc2c2cc(C(C)=NOC(C)=O)ccc21. The van der Waals surface area contributed by atoms with E-state index in [1.54, 1.807) is 23.5 Å². The fourth-order valence-corrected chi connectivity index (χ4v) is 5.06. The van der Waals surface area contributed by atoms with Gasteiger partial charge in [-0.1, -0.05) is 40.8 Å². The minimum Gasteiger partial charge on any atom is -0.341 e. The van der Waals surface area contributed by atoms with E-state index >= 15 is 0 Å². The van der Waals surface area contributed by atoms with Crippen LogP contribution in [0.15, 0.2) is 56.6 Å². The highest BCUT2D eigenvalue weighted by atomic mass is 32.2. The van der Waals surface area contributed by atoms with Gasteiger partial charge in [0.2, 0.25) is 0 Å². The minimum atomic E-state index is -0.419. The molecule has 2 aromatic carbocycles. The van der Waals surface area contributed by atoms with Crippen LogP contribution in [0.1, 0.15) is 31.9 Å². The molecule has 142 valence electrons. The minimum absolute atomic E-state index is 0.419. The van der Waals surface area contributed by atoms with Gasteiger partial charge in [0.25, 0.3) is 0 Å². The molecule has 0 unspecified atom stereocenters. The number of aromatic nitrogens is 1. The van der Waals surface area contributed by atoms with Crippen LogP contribution >= 0.6 is 23.5 Å². The van der Waals surface area contributed by atoms with Crippen molar-refractivity contribution in [3.05, 3.63) is 62.6 Å². The van der Waals surface area contributed by atoms with Gasteiger partial charge in [0.05, 0.1) is 5.71 Å². The summed E-state index contributed by atoms with van der Waals surface area (Å²) in [5.41, 5.74) is 5.22. The Morgan fingerprint density at radius 1 is 1.07 bits per heavy atom. The average Bonchev–Trinajstić information content (AvgIpc) is 3.31. The van der Waals surface area contributed by atoms with Crippen molar-refractivity contribution < 1.29 is 9.63 Å². The summed E-state index contributed by atoms with van der Waals surface area (Å²) in [4.78, 5) is 15.8. The normalized spacial score (nSPS) is 14.2. The fourth-order valence-electron chi connectivity index (χ4n) is 3.38. The number of carbonyl (C=O) groups excluding carboxylic acids is 1. The van der Waals surface area contributed by atoms with Crippen molar-refractivity contribution >= 4 is 63.1 Å². The lowest BCUT2D eigenvalue weighted by molar-refractivity contribution is -0.140. The first-order valence-electron chi connectivity index (χ1n) is 9.05. The van der Waals surface area contributed by atoms with Gasteiger partial charge in [-0.25, -0.2) is 4.79 Å². The van der Waals surface area contributed by atoms with Crippen molar-refractivity contribution in [2.75, 3.05) is 0 Å². The molecule has 0 spiro atoms. The van der Waals surface area contributed by atoms with Gasteiger partial charge in [-0.3, -0.25) is 0 Å². The highest BCUT2D eigenvalue weighted by Crippen LogP contribution is 2.39. The Labute approximate surface area is 172 Å². The standard InChI is InChI=1S/C22H20N2O2S2/c1-4-24-20-7-5-16(12-22-27-9-10-28-22)11-18(20)19-13-17(6-8-21(19)24)14(2)23-26-15(3)25/h5-13H,4H2,1-3H3. The van der Waals surface area contributed by atoms with Gasteiger partial charge >= 0.3 is 5.97 Å². The molecule has 1 aliphatic heterocycles. The fraction of sp³-hybridized carbons (Fsp3) is 0.182. The third kappa shape index (κ3) is 3.62. The van der Waals surface area contributed by atoms with Gasteiger partial charge in [-0.15, -0.1) is 0 Å². The molecule has 4 nitrogen and oxygen atoms in total. The number of hydrogen-bond donors (Lipinski definition) is 0. The van der Waals surface area contributed by atoms with Crippen LogP contribution in [0.25, 0.3) is 27.9 Å². The number of hydrogen-bond acceptors (Lipinski definition) is 5. The summed E-state index contributed by atoms with van der Waals surface area (Å²) in [5, 5.41) is 10.5. The van der Waals surface area contributed by atoms with E-state index in [0.29, 0.717) is 5.71 Å². The zero-order valence-electron chi connectivity index (χ0n) is 15.9. The summed E-state index contributed by atoms with van der Waals surface area (Å²) in [6.45, 7) is 6.26. The maximum absolute atomic E-state index is 11.0. The molecular weight excluding hydrogens is 388 g/mol. The van der Waals surface area contributed by atoms with Gasteiger partial charge in [-0.2, -0.15) is 0 Å². The first-order chi connectivity index (χ1) is 13.6. The number of oxime groups is 1. The Morgan fingerprint density at radius 3 is 2.43 bits per heavy atom. The molecule has 0 atom stereocenters. The molecule has 0 saturated carbocycles. The van der Waals surface area contributed by atoms with Gasteiger partial charge in [-0.05, 0) is 66.1 Å². The number of fused-ring (bicyclic) bond motifs is 3. The molecular formula is C22H20N2O2S2. The predicted octanol–water partition coefficient (Wildman–Crippen LogP) is 6.35. The molecule has 0 radical (unpaired) electrons. The zero-order valence-corrected chi connectivity index (χ0v) is 17.6.